The quantitative estimate of drug-likeness (QED) is 0.927. The average Bonchev–Trinajstić information content (AvgIpc) is 2.42. The maximum Gasteiger partial charge on any atom is 0.495 e. The van der Waals surface area contributed by atoms with Gasteiger partial charge in [0.05, 0.1) is 6.54 Å². The lowest BCUT2D eigenvalue weighted by Crippen LogP contribution is -2.49. The van der Waals surface area contributed by atoms with Crippen molar-refractivity contribution >= 4 is 5.97 Å². The first-order valence-corrected chi connectivity index (χ1v) is 6.35. The molecular formula is C14H11F3N2O4. The van der Waals surface area contributed by atoms with Crippen molar-refractivity contribution in [1.82, 2.24) is 9.13 Å². The molecule has 0 aliphatic rings. The van der Waals surface area contributed by atoms with Crippen LogP contribution in [0.4, 0.5) is 13.2 Å². The van der Waals surface area contributed by atoms with Crippen molar-refractivity contribution < 1.29 is 23.1 Å². The molecule has 1 heterocycles. The monoisotopic (exact) mass is 328 g/mol. The second-order valence-corrected chi connectivity index (χ2v) is 4.73. The van der Waals surface area contributed by atoms with Crippen LogP contribution in [-0.4, -0.2) is 20.2 Å². The number of hydrogen-bond acceptors (Lipinski definition) is 3. The zero-order valence-electron chi connectivity index (χ0n) is 11.8. The maximum atomic E-state index is 13.0. The first-order valence-electron chi connectivity index (χ1n) is 6.35. The van der Waals surface area contributed by atoms with Crippen LogP contribution in [0.5, 0.6) is 0 Å². The van der Waals surface area contributed by atoms with Crippen LogP contribution < -0.4 is 11.2 Å². The van der Waals surface area contributed by atoms with Crippen molar-refractivity contribution in [2.45, 2.75) is 19.8 Å². The number of alkyl halides is 3. The van der Waals surface area contributed by atoms with Crippen molar-refractivity contribution in [3.05, 3.63) is 68.0 Å². The number of hydrogen-bond donors (Lipinski definition) is 1. The lowest BCUT2D eigenvalue weighted by atomic mass is 10.2. The van der Waals surface area contributed by atoms with Crippen molar-refractivity contribution in [3.63, 3.8) is 0 Å². The summed E-state index contributed by atoms with van der Waals surface area (Å²) in [6.45, 7) is 0.831. The zero-order valence-corrected chi connectivity index (χ0v) is 11.8. The van der Waals surface area contributed by atoms with E-state index in [2.05, 4.69) is 0 Å². The predicted octanol–water partition coefficient (Wildman–Crippen LogP) is 1.54. The molecule has 23 heavy (non-hydrogen) atoms. The highest BCUT2D eigenvalue weighted by atomic mass is 19.4. The minimum absolute atomic E-state index is 0.290. The van der Waals surface area contributed by atoms with Crippen LogP contribution >= 0.6 is 0 Å². The number of carboxylic acids is 1. The van der Waals surface area contributed by atoms with E-state index in [4.69, 9.17) is 5.11 Å². The summed E-state index contributed by atoms with van der Waals surface area (Å²) >= 11 is 0. The molecule has 1 aromatic carbocycles. The van der Waals surface area contributed by atoms with Gasteiger partial charge in [-0.25, -0.2) is 9.59 Å². The number of aromatic carboxylic acids is 1. The lowest BCUT2D eigenvalue weighted by molar-refractivity contribution is -0.209. The summed E-state index contributed by atoms with van der Waals surface area (Å²) in [6, 6.07) is 8.05. The van der Waals surface area contributed by atoms with Crippen LogP contribution in [0, 0.1) is 6.92 Å². The third-order valence-electron chi connectivity index (χ3n) is 3.26. The summed E-state index contributed by atoms with van der Waals surface area (Å²) in [4.78, 5) is 34.9. The van der Waals surface area contributed by atoms with Gasteiger partial charge < -0.3 is 5.11 Å². The Kier molecular flexibility index (Phi) is 4.13. The van der Waals surface area contributed by atoms with Crippen molar-refractivity contribution in [3.8, 4) is 0 Å². The molecule has 1 N–H and O–H groups in total. The lowest BCUT2D eigenvalue weighted by Gasteiger charge is -2.17. The third-order valence-corrected chi connectivity index (χ3v) is 3.26. The van der Waals surface area contributed by atoms with Gasteiger partial charge in [0, 0.05) is 5.69 Å². The third kappa shape index (κ3) is 3.03. The fourth-order valence-electron chi connectivity index (χ4n) is 2.17. The summed E-state index contributed by atoms with van der Waals surface area (Å²) in [5, 5.41) is 9.02. The van der Waals surface area contributed by atoms with Gasteiger partial charge in [-0.1, -0.05) is 30.3 Å². The molecule has 0 saturated carbocycles. The minimum atomic E-state index is -5.31. The highest BCUT2D eigenvalue weighted by Gasteiger charge is 2.38. The van der Waals surface area contributed by atoms with Crippen molar-refractivity contribution in [2.75, 3.05) is 0 Å². The smallest absolute Gasteiger partial charge is 0.477 e. The first kappa shape index (κ1) is 16.5. The molecule has 0 radical (unpaired) electrons. The van der Waals surface area contributed by atoms with Gasteiger partial charge in [-0.05, 0) is 12.5 Å². The number of rotatable bonds is 3. The Morgan fingerprint density at radius 1 is 1.17 bits per heavy atom. The van der Waals surface area contributed by atoms with E-state index in [1.807, 2.05) is 0 Å². The van der Waals surface area contributed by atoms with E-state index in [0.29, 0.717) is 10.1 Å². The summed E-state index contributed by atoms with van der Waals surface area (Å²) in [7, 11) is 0. The minimum Gasteiger partial charge on any atom is -0.477 e. The molecule has 1 aromatic heterocycles. The van der Waals surface area contributed by atoms with Gasteiger partial charge in [-0.2, -0.15) is 4.57 Å². The molecule has 0 fully saturated rings. The largest absolute Gasteiger partial charge is 0.495 e. The molecule has 6 nitrogen and oxygen atoms in total. The average molecular weight is 328 g/mol. The molecule has 0 spiro atoms. The van der Waals surface area contributed by atoms with Gasteiger partial charge in [-0.3, -0.25) is 9.36 Å². The van der Waals surface area contributed by atoms with E-state index < -0.39 is 33.6 Å². The molecule has 0 saturated heterocycles. The molecule has 2 aromatic rings. The van der Waals surface area contributed by atoms with Gasteiger partial charge >= 0.3 is 18.0 Å². The molecule has 0 bridgehead atoms. The Morgan fingerprint density at radius 3 is 2.22 bits per heavy atom. The van der Waals surface area contributed by atoms with Crippen LogP contribution in [0.25, 0.3) is 0 Å². The van der Waals surface area contributed by atoms with Crippen molar-refractivity contribution in [1.29, 1.82) is 0 Å². The molecule has 0 atom stereocenters. The van der Waals surface area contributed by atoms with Crippen LogP contribution in [0.15, 0.2) is 39.9 Å². The summed E-state index contributed by atoms with van der Waals surface area (Å²) in [5.41, 5.74) is -4.46. The fourth-order valence-corrected chi connectivity index (χ4v) is 2.17. The Morgan fingerprint density at radius 2 is 1.74 bits per heavy atom. The molecular weight excluding hydrogens is 317 g/mol. The van der Waals surface area contributed by atoms with Gasteiger partial charge in [0.2, 0.25) is 0 Å². The van der Waals surface area contributed by atoms with Gasteiger partial charge in [0.1, 0.15) is 5.56 Å². The summed E-state index contributed by atoms with van der Waals surface area (Å²) in [5.74, 6) is -1.83. The molecule has 0 amide bonds. The molecule has 122 valence electrons. The Bertz CT molecular complexity index is 867. The summed E-state index contributed by atoms with van der Waals surface area (Å²) in [6.07, 6.45) is -5.31. The number of carboxylic acid groups (broad SMARTS) is 1. The molecule has 0 aliphatic heterocycles. The maximum absolute atomic E-state index is 13.0. The highest BCUT2D eigenvalue weighted by molar-refractivity contribution is 5.88. The summed E-state index contributed by atoms with van der Waals surface area (Å²) < 4.78 is 38.5. The number of benzene rings is 1. The van der Waals surface area contributed by atoms with Gasteiger partial charge in [0.25, 0.3) is 5.56 Å². The van der Waals surface area contributed by atoms with E-state index >= 15 is 0 Å². The van der Waals surface area contributed by atoms with Crippen LogP contribution in [0.2, 0.25) is 0 Å². The van der Waals surface area contributed by atoms with E-state index in [1.54, 1.807) is 30.3 Å². The first-order chi connectivity index (χ1) is 10.6. The van der Waals surface area contributed by atoms with E-state index in [0.717, 1.165) is 6.92 Å². The van der Waals surface area contributed by atoms with Crippen LogP contribution in [-0.2, 0) is 12.8 Å². The second-order valence-electron chi connectivity index (χ2n) is 4.73. The van der Waals surface area contributed by atoms with E-state index in [9.17, 15) is 27.6 Å². The van der Waals surface area contributed by atoms with Crippen LogP contribution in [0.1, 0.15) is 21.6 Å². The molecule has 0 aliphatic carbocycles. The molecule has 2 rings (SSSR count). The fraction of sp³-hybridized carbons (Fsp3) is 0.214. The SMILES string of the molecule is Cc1c(C(=O)O)c(=O)n(C(F)(F)F)c(=O)n1Cc1ccccc1. The van der Waals surface area contributed by atoms with Crippen LogP contribution in [0.3, 0.4) is 0 Å². The number of nitrogens with zero attached hydrogens (tertiary/aromatic N) is 2. The Balaban J connectivity index is 2.81. The second kappa shape index (κ2) is 5.75. The number of aromatic nitrogens is 2. The zero-order chi connectivity index (χ0) is 17.4. The molecule has 9 heteroatoms. The standard InChI is InChI=1S/C14H11F3N2O4/c1-8-10(12(21)22)11(20)19(14(15,16)17)13(23)18(8)7-9-5-3-2-4-6-9/h2-6H,7H2,1H3,(H,21,22). The predicted molar refractivity (Wildman–Crippen MR) is 73.5 cm³/mol. The normalized spacial score (nSPS) is 11.5. The van der Waals surface area contributed by atoms with Gasteiger partial charge in [0.15, 0.2) is 0 Å². The Hall–Kier alpha value is -2.84. The Labute approximate surface area is 127 Å². The number of carbonyl (C=O) groups is 1. The van der Waals surface area contributed by atoms with E-state index in [-0.39, 0.29) is 12.2 Å². The van der Waals surface area contributed by atoms with Gasteiger partial charge in [-0.15, -0.1) is 13.2 Å². The van der Waals surface area contributed by atoms with Crippen molar-refractivity contribution in [2.24, 2.45) is 0 Å². The molecule has 0 unspecified atom stereocenters. The highest BCUT2D eigenvalue weighted by Crippen LogP contribution is 2.18. The topological polar surface area (TPSA) is 81.3 Å². The van der Waals surface area contributed by atoms with E-state index in [1.165, 1.54) is 0 Å². The number of halogens is 3.